The van der Waals surface area contributed by atoms with Gasteiger partial charge in [-0.25, -0.2) is 4.39 Å². The maximum atomic E-state index is 13.3. The first kappa shape index (κ1) is 12.4. The van der Waals surface area contributed by atoms with E-state index < -0.39 is 0 Å². The lowest BCUT2D eigenvalue weighted by molar-refractivity contribution is 0.120. The second-order valence-electron chi connectivity index (χ2n) is 3.12. The second-order valence-corrected chi connectivity index (χ2v) is 3.53. The van der Waals surface area contributed by atoms with Crippen molar-refractivity contribution >= 4 is 11.6 Å². The van der Waals surface area contributed by atoms with E-state index in [4.69, 9.17) is 16.3 Å². The van der Waals surface area contributed by atoms with Gasteiger partial charge in [0.1, 0.15) is 5.82 Å². The standard InChI is InChI=1S/C11H15ClFNO/c1-2-14-6-7-15-8-9-4-3-5-10(12)11(9)13/h3-5,14H,2,6-8H2,1H3. The van der Waals surface area contributed by atoms with Crippen LogP contribution in [0.4, 0.5) is 4.39 Å². The van der Waals surface area contributed by atoms with Gasteiger partial charge in [0.2, 0.25) is 0 Å². The molecule has 1 rings (SSSR count). The minimum atomic E-state index is -0.386. The average Bonchev–Trinajstić information content (AvgIpc) is 2.24. The molecule has 1 N–H and O–H groups in total. The van der Waals surface area contributed by atoms with Crippen molar-refractivity contribution in [3.8, 4) is 0 Å². The molecule has 0 spiro atoms. The molecule has 0 bridgehead atoms. The van der Waals surface area contributed by atoms with Gasteiger partial charge in [-0.15, -0.1) is 0 Å². The van der Waals surface area contributed by atoms with E-state index in [0.717, 1.165) is 13.1 Å². The molecule has 15 heavy (non-hydrogen) atoms. The van der Waals surface area contributed by atoms with Crippen molar-refractivity contribution in [2.75, 3.05) is 19.7 Å². The summed E-state index contributed by atoms with van der Waals surface area (Å²) >= 11 is 5.63. The highest BCUT2D eigenvalue weighted by Gasteiger charge is 2.05. The molecule has 0 aliphatic heterocycles. The van der Waals surface area contributed by atoms with Crippen molar-refractivity contribution in [1.82, 2.24) is 5.32 Å². The summed E-state index contributed by atoms with van der Waals surface area (Å²) in [4.78, 5) is 0. The van der Waals surface area contributed by atoms with Crippen molar-refractivity contribution in [3.63, 3.8) is 0 Å². The van der Waals surface area contributed by atoms with Crippen molar-refractivity contribution in [3.05, 3.63) is 34.6 Å². The van der Waals surface area contributed by atoms with Gasteiger partial charge in [0, 0.05) is 12.1 Å². The van der Waals surface area contributed by atoms with E-state index in [-0.39, 0.29) is 17.4 Å². The highest BCUT2D eigenvalue weighted by molar-refractivity contribution is 6.30. The van der Waals surface area contributed by atoms with Gasteiger partial charge in [0.15, 0.2) is 0 Å². The molecule has 4 heteroatoms. The molecule has 0 aromatic heterocycles. The first-order chi connectivity index (χ1) is 7.25. The molecule has 0 saturated carbocycles. The Morgan fingerprint density at radius 3 is 3.00 bits per heavy atom. The molecule has 84 valence electrons. The zero-order valence-corrected chi connectivity index (χ0v) is 9.48. The van der Waals surface area contributed by atoms with Crippen molar-refractivity contribution in [2.24, 2.45) is 0 Å². The van der Waals surface area contributed by atoms with Crippen LogP contribution in [0.5, 0.6) is 0 Å². The lowest BCUT2D eigenvalue weighted by atomic mass is 10.2. The number of halogens is 2. The third-order valence-corrected chi connectivity index (χ3v) is 2.25. The van der Waals surface area contributed by atoms with Gasteiger partial charge in [-0.3, -0.25) is 0 Å². The number of hydrogen-bond donors (Lipinski definition) is 1. The molecule has 1 aromatic rings. The molecule has 0 radical (unpaired) electrons. The molecule has 0 heterocycles. The molecule has 0 aliphatic carbocycles. The van der Waals surface area contributed by atoms with Crippen LogP contribution in [0.3, 0.4) is 0 Å². The zero-order chi connectivity index (χ0) is 11.1. The van der Waals surface area contributed by atoms with Crippen LogP contribution < -0.4 is 5.32 Å². The third-order valence-electron chi connectivity index (χ3n) is 1.96. The molecule has 0 saturated heterocycles. The third kappa shape index (κ3) is 4.16. The van der Waals surface area contributed by atoms with E-state index in [9.17, 15) is 4.39 Å². The summed E-state index contributed by atoms with van der Waals surface area (Å²) in [7, 11) is 0. The largest absolute Gasteiger partial charge is 0.375 e. The fourth-order valence-electron chi connectivity index (χ4n) is 1.16. The highest BCUT2D eigenvalue weighted by atomic mass is 35.5. The molecule has 0 fully saturated rings. The molecule has 0 amide bonds. The Hall–Kier alpha value is -0.640. The Balaban J connectivity index is 2.34. The van der Waals surface area contributed by atoms with Gasteiger partial charge in [-0.2, -0.15) is 0 Å². The van der Waals surface area contributed by atoms with Crippen LogP contribution >= 0.6 is 11.6 Å². The predicted octanol–water partition coefficient (Wildman–Crippen LogP) is 2.61. The molecule has 0 unspecified atom stereocenters. The van der Waals surface area contributed by atoms with Crippen LogP contribution in [-0.2, 0) is 11.3 Å². The Morgan fingerprint density at radius 1 is 1.47 bits per heavy atom. The average molecular weight is 232 g/mol. The molecular weight excluding hydrogens is 217 g/mol. The van der Waals surface area contributed by atoms with E-state index in [1.807, 2.05) is 6.92 Å². The molecule has 2 nitrogen and oxygen atoms in total. The Bertz CT molecular complexity index is 307. The van der Waals surface area contributed by atoms with E-state index in [1.165, 1.54) is 6.07 Å². The number of nitrogens with one attached hydrogen (secondary N) is 1. The predicted molar refractivity (Wildman–Crippen MR) is 59.6 cm³/mol. The van der Waals surface area contributed by atoms with Crippen LogP contribution in [0.15, 0.2) is 18.2 Å². The van der Waals surface area contributed by atoms with Gasteiger partial charge in [-0.1, -0.05) is 30.7 Å². The number of rotatable bonds is 6. The molecule has 0 aliphatic rings. The summed E-state index contributed by atoms with van der Waals surface area (Å²) in [5, 5.41) is 3.26. The monoisotopic (exact) mass is 231 g/mol. The Labute approximate surface area is 94.4 Å². The van der Waals surface area contributed by atoms with Crippen molar-refractivity contribution in [1.29, 1.82) is 0 Å². The molecule has 1 aromatic carbocycles. The van der Waals surface area contributed by atoms with E-state index in [1.54, 1.807) is 12.1 Å². The fraction of sp³-hybridized carbons (Fsp3) is 0.455. The maximum absolute atomic E-state index is 13.3. The minimum absolute atomic E-state index is 0.141. The number of ether oxygens (including phenoxy) is 1. The lowest BCUT2D eigenvalue weighted by Gasteiger charge is -2.06. The maximum Gasteiger partial charge on any atom is 0.147 e. The minimum Gasteiger partial charge on any atom is -0.375 e. The summed E-state index contributed by atoms with van der Waals surface area (Å²) in [6, 6.07) is 4.92. The first-order valence-electron chi connectivity index (χ1n) is 4.97. The van der Waals surface area contributed by atoms with E-state index in [0.29, 0.717) is 12.2 Å². The van der Waals surface area contributed by atoms with E-state index in [2.05, 4.69) is 5.32 Å². The van der Waals surface area contributed by atoms with Gasteiger partial charge in [0.05, 0.1) is 18.2 Å². The van der Waals surface area contributed by atoms with Crippen LogP contribution in [0.25, 0.3) is 0 Å². The quantitative estimate of drug-likeness (QED) is 0.760. The highest BCUT2D eigenvalue weighted by Crippen LogP contribution is 2.18. The van der Waals surface area contributed by atoms with Gasteiger partial charge in [-0.05, 0) is 12.6 Å². The van der Waals surface area contributed by atoms with Crippen LogP contribution in [0, 0.1) is 5.82 Å². The summed E-state index contributed by atoms with van der Waals surface area (Å²) in [6.45, 7) is 4.54. The summed E-state index contributed by atoms with van der Waals surface area (Å²) in [5.41, 5.74) is 0.499. The van der Waals surface area contributed by atoms with Gasteiger partial charge in [0.25, 0.3) is 0 Å². The zero-order valence-electron chi connectivity index (χ0n) is 8.72. The lowest BCUT2D eigenvalue weighted by Crippen LogP contribution is -2.18. The molecular formula is C11H15ClFNO. The smallest absolute Gasteiger partial charge is 0.147 e. The Kier molecular flexibility index (Phi) is 5.61. The van der Waals surface area contributed by atoms with E-state index >= 15 is 0 Å². The summed E-state index contributed by atoms with van der Waals surface area (Å²) < 4.78 is 18.6. The van der Waals surface area contributed by atoms with Gasteiger partial charge < -0.3 is 10.1 Å². The van der Waals surface area contributed by atoms with Crippen LogP contribution in [0.2, 0.25) is 5.02 Å². The number of hydrogen-bond acceptors (Lipinski definition) is 2. The fourth-order valence-corrected chi connectivity index (χ4v) is 1.36. The Morgan fingerprint density at radius 2 is 2.27 bits per heavy atom. The van der Waals surface area contributed by atoms with Crippen LogP contribution in [0.1, 0.15) is 12.5 Å². The van der Waals surface area contributed by atoms with Crippen molar-refractivity contribution < 1.29 is 9.13 Å². The number of benzene rings is 1. The topological polar surface area (TPSA) is 21.3 Å². The second kappa shape index (κ2) is 6.77. The SMILES string of the molecule is CCNCCOCc1cccc(Cl)c1F. The van der Waals surface area contributed by atoms with Gasteiger partial charge >= 0.3 is 0 Å². The normalized spacial score (nSPS) is 10.6. The first-order valence-corrected chi connectivity index (χ1v) is 5.35. The summed E-state index contributed by atoms with van der Waals surface area (Å²) in [5.74, 6) is -0.386. The van der Waals surface area contributed by atoms with Crippen LogP contribution in [-0.4, -0.2) is 19.7 Å². The van der Waals surface area contributed by atoms with Crippen molar-refractivity contribution in [2.45, 2.75) is 13.5 Å². The summed E-state index contributed by atoms with van der Waals surface area (Å²) in [6.07, 6.45) is 0. The molecule has 0 atom stereocenters. The number of likely N-dealkylation sites (N-methyl/N-ethyl adjacent to an activating group) is 1.